The van der Waals surface area contributed by atoms with Gasteiger partial charge in [0.15, 0.2) is 5.78 Å². The lowest BCUT2D eigenvalue weighted by Gasteiger charge is -2.35. The SMILES string of the molecule is CC(=O)c1ccc(OC(=O)[C@@H]2[C@H]3C(=O)NC(=O)[C@H]3[C@@H]3C=Cc4ccccc4N23)cc1. The van der Waals surface area contributed by atoms with Gasteiger partial charge in [0.1, 0.15) is 11.8 Å². The van der Waals surface area contributed by atoms with Crippen molar-refractivity contribution in [2.75, 3.05) is 4.90 Å². The van der Waals surface area contributed by atoms with Gasteiger partial charge < -0.3 is 9.64 Å². The highest BCUT2D eigenvalue weighted by molar-refractivity contribution is 6.10. The van der Waals surface area contributed by atoms with Crippen molar-refractivity contribution in [1.82, 2.24) is 5.32 Å². The Balaban J connectivity index is 1.52. The van der Waals surface area contributed by atoms with Gasteiger partial charge in [0, 0.05) is 11.3 Å². The van der Waals surface area contributed by atoms with E-state index in [1.807, 2.05) is 41.3 Å². The van der Waals surface area contributed by atoms with E-state index in [1.54, 1.807) is 24.3 Å². The van der Waals surface area contributed by atoms with Crippen molar-refractivity contribution in [1.29, 1.82) is 0 Å². The number of rotatable bonds is 3. The Hall–Kier alpha value is -3.74. The number of fused-ring (bicyclic) bond motifs is 5. The van der Waals surface area contributed by atoms with Crippen LogP contribution in [0.3, 0.4) is 0 Å². The van der Waals surface area contributed by atoms with Crippen LogP contribution in [-0.2, 0) is 14.4 Å². The zero-order valence-electron chi connectivity index (χ0n) is 16.1. The number of esters is 1. The summed E-state index contributed by atoms with van der Waals surface area (Å²) in [6.45, 7) is 1.46. The molecule has 0 spiro atoms. The van der Waals surface area contributed by atoms with E-state index < -0.39 is 35.8 Å². The van der Waals surface area contributed by atoms with Crippen LogP contribution in [0.25, 0.3) is 6.08 Å². The molecule has 0 aliphatic carbocycles. The predicted molar refractivity (Wildman–Crippen MR) is 108 cm³/mol. The molecular weight excluding hydrogens is 384 g/mol. The first-order valence-corrected chi connectivity index (χ1v) is 9.68. The number of ether oxygens (including phenoxy) is 1. The molecule has 2 fully saturated rings. The van der Waals surface area contributed by atoms with E-state index in [0.717, 1.165) is 11.3 Å². The molecule has 0 radical (unpaired) electrons. The van der Waals surface area contributed by atoms with Crippen LogP contribution in [0.2, 0.25) is 0 Å². The summed E-state index contributed by atoms with van der Waals surface area (Å²) in [4.78, 5) is 51.6. The van der Waals surface area contributed by atoms with Crippen molar-refractivity contribution in [3.8, 4) is 5.75 Å². The summed E-state index contributed by atoms with van der Waals surface area (Å²) in [5, 5.41) is 2.36. The third-order valence-electron chi connectivity index (χ3n) is 5.98. The molecular formula is C23H18N2O5. The summed E-state index contributed by atoms with van der Waals surface area (Å²) < 4.78 is 5.58. The first-order chi connectivity index (χ1) is 14.5. The van der Waals surface area contributed by atoms with Crippen molar-refractivity contribution in [3.63, 3.8) is 0 Å². The fraction of sp³-hybridized carbons (Fsp3) is 0.217. The zero-order chi connectivity index (χ0) is 21.0. The van der Waals surface area contributed by atoms with Gasteiger partial charge in [-0.05, 0) is 42.8 Å². The summed E-state index contributed by atoms with van der Waals surface area (Å²) >= 11 is 0. The van der Waals surface area contributed by atoms with E-state index in [9.17, 15) is 19.2 Å². The summed E-state index contributed by atoms with van der Waals surface area (Å²) in [6.07, 6.45) is 3.78. The molecule has 0 saturated carbocycles. The highest BCUT2D eigenvalue weighted by Crippen LogP contribution is 2.46. The lowest BCUT2D eigenvalue weighted by atomic mass is 9.89. The Morgan fingerprint density at radius 1 is 0.967 bits per heavy atom. The molecule has 2 amide bonds. The predicted octanol–water partition coefficient (Wildman–Crippen LogP) is 1.97. The Morgan fingerprint density at radius 2 is 1.67 bits per heavy atom. The average Bonchev–Trinajstić information content (AvgIpc) is 3.24. The highest BCUT2D eigenvalue weighted by Gasteiger charge is 2.62. The molecule has 0 aromatic heterocycles. The first kappa shape index (κ1) is 18.3. The number of imide groups is 1. The van der Waals surface area contributed by atoms with E-state index in [1.165, 1.54) is 6.92 Å². The fourth-order valence-corrected chi connectivity index (χ4v) is 4.64. The lowest BCUT2D eigenvalue weighted by Crippen LogP contribution is -2.49. The second-order valence-corrected chi connectivity index (χ2v) is 7.67. The third kappa shape index (κ3) is 2.66. The number of nitrogens with one attached hydrogen (secondary N) is 1. The first-order valence-electron chi connectivity index (χ1n) is 9.68. The Labute approximate surface area is 172 Å². The molecule has 5 rings (SSSR count). The molecule has 1 N–H and O–H groups in total. The number of carbonyl (C=O) groups is 4. The van der Waals surface area contributed by atoms with Crippen molar-refractivity contribution >= 4 is 35.3 Å². The molecule has 7 heteroatoms. The number of Topliss-reactive ketones (excluding diaryl/α,β-unsaturated/α-hetero) is 1. The number of para-hydroxylation sites is 1. The number of benzene rings is 2. The Bertz CT molecular complexity index is 1120. The molecule has 0 bridgehead atoms. The van der Waals surface area contributed by atoms with Crippen LogP contribution in [0.1, 0.15) is 22.8 Å². The van der Waals surface area contributed by atoms with Crippen molar-refractivity contribution < 1.29 is 23.9 Å². The van der Waals surface area contributed by atoms with Crippen LogP contribution in [-0.4, -0.2) is 35.7 Å². The van der Waals surface area contributed by atoms with Gasteiger partial charge in [-0.3, -0.25) is 19.7 Å². The van der Waals surface area contributed by atoms with Crippen molar-refractivity contribution in [3.05, 3.63) is 65.7 Å². The Morgan fingerprint density at radius 3 is 2.40 bits per heavy atom. The number of hydrogen-bond donors (Lipinski definition) is 1. The van der Waals surface area contributed by atoms with Crippen LogP contribution >= 0.6 is 0 Å². The van der Waals surface area contributed by atoms with Crippen molar-refractivity contribution in [2.45, 2.75) is 19.0 Å². The van der Waals surface area contributed by atoms with Crippen LogP contribution in [0, 0.1) is 11.8 Å². The number of ketones is 1. The molecule has 3 heterocycles. The number of amides is 2. The molecule has 3 aliphatic rings. The number of anilines is 1. The molecule has 2 saturated heterocycles. The number of nitrogens with zero attached hydrogens (tertiary/aromatic N) is 1. The van der Waals surface area contributed by atoms with Crippen LogP contribution in [0.15, 0.2) is 54.6 Å². The Kier molecular flexibility index (Phi) is 4.06. The normalized spacial score (nSPS) is 26.0. The minimum atomic E-state index is -0.940. The summed E-state index contributed by atoms with van der Waals surface area (Å²) in [5.74, 6) is -2.74. The summed E-state index contributed by atoms with van der Waals surface area (Å²) in [5.41, 5.74) is 2.20. The number of carbonyl (C=O) groups excluding carboxylic acids is 4. The van der Waals surface area contributed by atoms with Gasteiger partial charge >= 0.3 is 5.97 Å². The van der Waals surface area contributed by atoms with Gasteiger partial charge in [-0.25, -0.2) is 4.79 Å². The third-order valence-corrected chi connectivity index (χ3v) is 5.98. The van der Waals surface area contributed by atoms with Crippen LogP contribution in [0.4, 0.5) is 5.69 Å². The molecule has 7 nitrogen and oxygen atoms in total. The van der Waals surface area contributed by atoms with E-state index >= 15 is 0 Å². The maximum Gasteiger partial charge on any atom is 0.335 e. The molecule has 150 valence electrons. The largest absolute Gasteiger partial charge is 0.425 e. The molecule has 2 aromatic carbocycles. The van der Waals surface area contributed by atoms with E-state index in [4.69, 9.17) is 4.74 Å². The molecule has 30 heavy (non-hydrogen) atoms. The molecule has 2 aromatic rings. The van der Waals surface area contributed by atoms with Crippen LogP contribution in [0.5, 0.6) is 5.75 Å². The van der Waals surface area contributed by atoms with E-state index in [2.05, 4.69) is 5.32 Å². The van der Waals surface area contributed by atoms with Crippen LogP contribution < -0.4 is 15.0 Å². The van der Waals surface area contributed by atoms with Gasteiger partial charge in [0.05, 0.1) is 17.9 Å². The summed E-state index contributed by atoms with van der Waals surface area (Å²) in [7, 11) is 0. The molecule has 4 atom stereocenters. The topological polar surface area (TPSA) is 92.8 Å². The highest BCUT2D eigenvalue weighted by atomic mass is 16.5. The second-order valence-electron chi connectivity index (χ2n) is 7.67. The smallest absolute Gasteiger partial charge is 0.335 e. The maximum atomic E-state index is 13.2. The quantitative estimate of drug-likeness (QED) is 0.365. The van der Waals surface area contributed by atoms with Gasteiger partial charge in [-0.1, -0.05) is 30.4 Å². The number of hydrogen-bond acceptors (Lipinski definition) is 6. The van der Waals surface area contributed by atoms with Gasteiger partial charge in [0.2, 0.25) is 11.8 Å². The van der Waals surface area contributed by atoms with Gasteiger partial charge in [-0.15, -0.1) is 0 Å². The lowest BCUT2D eigenvalue weighted by molar-refractivity contribution is -0.139. The minimum absolute atomic E-state index is 0.0906. The zero-order valence-corrected chi connectivity index (χ0v) is 16.1. The van der Waals surface area contributed by atoms with Gasteiger partial charge in [-0.2, -0.15) is 0 Å². The summed E-state index contributed by atoms with van der Waals surface area (Å²) in [6, 6.07) is 12.4. The standard InChI is InChI=1S/C23H18N2O5/c1-12(26)13-6-9-15(10-7-13)30-23(29)20-19-18(21(27)24-22(19)28)17-11-8-14-4-2-3-5-16(14)25(17)20/h2-11,17-20H,1H3,(H,24,27,28)/t17-,18-,19-,20-/m0/s1. The van der Waals surface area contributed by atoms with E-state index in [-0.39, 0.29) is 17.4 Å². The molecule has 3 aliphatic heterocycles. The van der Waals surface area contributed by atoms with Gasteiger partial charge in [0.25, 0.3) is 0 Å². The minimum Gasteiger partial charge on any atom is -0.425 e. The van der Waals surface area contributed by atoms with Crippen molar-refractivity contribution in [2.24, 2.45) is 11.8 Å². The monoisotopic (exact) mass is 402 g/mol. The molecule has 0 unspecified atom stereocenters. The average molecular weight is 402 g/mol. The van der Waals surface area contributed by atoms with E-state index in [0.29, 0.717) is 5.56 Å². The second kappa shape index (κ2) is 6.66. The fourth-order valence-electron chi connectivity index (χ4n) is 4.64. The maximum absolute atomic E-state index is 13.2.